The summed E-state index contributed by atoms with van der Waals surface area (Å²) in [6, 6.07) is 10.2. The molecular formula is C18H18N2O7. The molecule has 0 saturated carbocycles. The number of nitrogens with zero attached hydrogens (tertiary/aromatic N) is 1. The van der Waals surface area contributed by atoms with Gasteiger partial charge in [0.15, 0.2) is 12.4 Å². The monoisotopic (exact) mass is 374 g/mol. The van der Waals surface area contributed by atoms with Gasteiger partial charge in [-0.25, -0.2) is 4.79 Å². The van der Waals surface area contributed by atoms with Crippen LogP contribution in [-0.4, -0.2) is 37.1 Å². The van der Waals surface area contributed by atoms with E-state index in [1.807, 2.05) is 0 Å². The Kier molecular flexibility index (Phi) is 6.70. The van der Waals surface area contributed by atoms with Crippen molar-refractivity contribution < 1.29 is 28.7 Å². The highest BCUT2D eigenvalue weighted by Crippen LogP contribution is 2.30. The average molecular weight is 374 g/mol. The number of carbonyl (C=O) groups is 2. The molecule has 1 amide bonds. The molecule has 142 valence electrons. The number of nitrogens with one attached hydrogen (secondary N) is 1. The fourth-order valence-corrected chi connectivity index (χ4v) is 2.13. The lowest BCUT2D eigenvalue weighted by molar-refractivity contribution is -0.385. The molecule has 0 spiro atoms. The van der Waals surface area contributed by atoms with Crippen LogP contribution in [0.4, 0.5) is 11.4 Å². The summed E-state index contributed by atoms with van der Waals surface area (Å²) < 4.78 is 15.0. The highest BCUT2D eigenvalue weighted by atomic mass is 16.6. The van der Waals surface area contributed by atoms with Crippen LogP contribution in [0.1, 0.15) is 17.3 Å². The van der Waals surface area contributed by atoms with Crippen molar-refractivity contribution in [2.45, 2.75) is 6.92 Å². The van der Waals surface area contributed by atoms with Crippen molar-refractivity contribution in [2.24, 2.45) is 0 Å². The molecule has 0 atom stereocenters. The first-order valence-electron chi connectivity index (χ1n) is 7.97. The molecule has 0 unspecified atom stereocenters. The molecule has 0 saturated heterocycles. The molecule has 0 aliphatic heterocycles. The van der Waals surface area contributed by atoms with E-state index in [0.29, 0.717) is 17.0 Å². The predicted octanol–water partition coefficient (Wildman–Crippen LogP) is 2.80. The number of anilines is 1. The molecule has 2 aromatic carbocycles. The van der Waals surface area contributed by atoms with E-state index in [-0.39, 0.29) is 18.0 Å². The van der Waals surface area contributed by atoms with Crippen LogP contribution in [0.5, 0.6) is 11.5 Å². The molecule has 0 aromatic heterocycles. The number of hydrogen-bond acceptors (Lipinski definition) is 7. The van der Waals surface area contributed by atoms with Crippen molar-refractivity contribution in [1.29, 1.82) is 0 Å². The molecule has 9 nitrogen and oxygen atoms in total. The third kappa shape index (κ3) is 5.43. The van der Waals surface area contributed by atoms with E-state index >= 15 is 0 Å². The number of methoxy groups -OCH3 is 1. The number of amides is 1. The summed E-state index contributed by atoms with van der Waals surface area (Å²) in [5.41, 5.74) is 0.502. The van der Waals surface area contributed by atoms with E-state index < -0.39 is 23.4 Å². The number of nitro benzene ring substituents is 1. The Balaban J connectivity index is 1.97. The number of rotatable bonds is 8. The lowest BCUT2D eigenvalue weighted by Crippen LogP contribution is -2.20. The van der Waals surface area contributed by atoms with Gasteiger partial charge in [-0.1, -0.05) is 0 Å². The second-order valence-electron chi connectivity index (χ2n) is 5.23. The zero-order valence-electron chi connectivity index (χ0n) is 14.8. The van der Waals surface area contributed by atoms with Gasteiger partial charge >= 0.3 is 11.7 Å². The molecule has 0 bridgehead atoms. The largest absolute Gasteiger partial charge is 0.496 e. The molecule has 0 aliphatic rings. The SMILES string of the molecule is CCOC(=O)c1ccc(NC(=O)COc2ccc(OC)cc2[N+](=O)[O-])cc1. The number of hydrogen-bond donors (Lipinski definition) is 1. The summed E-state index contributed by atoms with van der Waals surface area (Å²) in [5, 5.41) is 13.7. The van der Waals surface area contributed by atoms with Crippen LogP contribution in [0.2, 0.25) is 0 Å². The van der Waals surface area contributed by atoms with Crippen molar-refractivity contribution in [2.75, 3.05) is 25.6 Å². The number of nitro groups is 1. The zero-order chi connectivity index (χ0) is 19.8. The highest BCUT2D eigenvalue weighted by molar-refractivity contribution is 5.93. The maximum absolute atomic E-state index is 12.0. The Hall–Kier alpha value is -3.62. The van der Waals surface area contributed by atoms with Crippen molar-refractivity contribution in [3.8, 4) is 11.5 Å². The fourth-order valence-electron chi connectivity index (χ4n) is 2.13. The van der Waals surface area contributed by atoms with Crippen LogP contribution in [0.3, 0.4) is 0 Å². The van der Waals surface area contributed by atoms with E-state index in [1.54, 1.807) is 19.1 Å². The van der Waals surface area contributed by atoms with Gasteiger partial charge in [0.05, 0.1) is 30.3 Å². The first-order chi connectivity index (χ1) is 12.9. The van der Waals surface area contributed by atoms with Gasteiger partial charge < -0.3 is 19.5 Å². The van der Waals surface area contributed by atoms with Crippen LogP contribution >= 0.6 is 0 Å². The molecule has 2 rings (SSSR count). The van der Waals surface area contributed by atoms with E-state index in [4.69, 9.17) is 14.2 Å². The van der Waals surface area contributed by atoms with Crippen molar-refractivity contribution in [1.82, 2.24) is 0 Å². The van der Waals surface area contributed by atoms with Crippen LogP contribution < -0.4 is 14.8 Å². The van der Waals surface area contributed by atoms with Crippen molar-refractivity contribution in [3.63, 3.8) is 0 Å². The summed E-state index contributed by atoms with van der Waals surface area (Å²) in [5.74, 6) is -0.705. The van der Waals surface area contributed by atoms with Crippen LogP contribution in [0, 0.1) is 10.1 Å². The third-order valence-electron chi connectivity index (χ3n) is 3.40. The van der Waals surface area contributed by atoms with Crippen LogP contribution in [-0.2, 0) is 9.53 Å². The third-order valence-corrected chi connectivity index (χ3v) is 3.40. The molecular weight excluding hydrogens is 356 g/mol. The van der Waals surface area contributed by atoms with Gasteiger partial charge in [0.2, 0.25) is 0 Å². The van der Waals surface area contributed by atoms with Crippen molar-refractivity contribution >= 4 is 23.3 Å². The van der Waals surface area contributed by atoms with E-state index in [2.05, 4.69) is 5.32 Å². The van der Waals surface area contributed by atoms with Crippen LogP contribution in [0.25, 0.3) is 0 Å². The van der Waals surface area contributed by atoms with E-state index in [9.17, 15) is 19.7 Å². The molecule has 0 aliphatic carbocycles. The number of ether oxygens (including phenoxy) is 3. The normalized spacial score (nSPS) is 10.0. The smallest absolute Gasteiger partial charge is 0.338 e. The summed E-state index contributed by atoms with van der Waals surface area (Å²) >= 11 is 0. The number of esters is 1. The maximum atomic E-state index is 12.0. The zero-order valence-corrected chi connectivity index (χ0v) is 14.8. The minimum absolute atomic E-state index is 0.0476. The molecule has 0 radical (unpaired) electrons. The van der Waals surface area contributed by atoms with E-state index in [0.717, 1.165) is 0 Å². The Morgan fingerprint density at radius 1 is 1.15 bits per heavy atom. The maximum Gasteiger partial charge on any atom is 0.338 e. The average Bonchev–Trinajstić information content (AvgIpc) is 2.67. The van der Waals surface area contributed by atoms with Gasteiger partial charge in [-0.3, -0.25) is 14.9 Å². The lowest BCUT2D eigenvalue weighted by Gasteiger charge is -2.09. The Bertz CT molecular complexity index is 834. The van der Waals surface area contributed by atoms with Gasteiger partial charge in [0.25, 0.3) is 5.91 Å². The standard InChI is InChI=1S/C18H18N2O7/c1-3-26-18(22)12-4-6-13(7-5-12)19-17(21)11-27-16-9-8-14(25-2)10-15(16)20(23)24/h4-10H,3,11H2,1-2H3,(H,19,21). The van der Waals surface area contributed by atoms with Crippen molar-refractivity contribution in [3.05, 3.63) is 58.1 Å². The molecule has 27 heavy (non-hydrogen) atoms. The highest BCUT2D eigenvalue weighted by Gasteiger charge is 2.17. The predicted molar refractivity (Wildman–Crippen MR) is 96.2 cm³/mol. The summed E-state index contributed by atoms with van der Waals surface area (Å²) in [6.07, 6.45) is 0. The van der Waals surface area contributed by atoms with Gasteiger partial charge in [-0.2, -0.15) is 0 Å². The first-order valence-corrected chi connectivity index (χ1v) is 7.97. The quantitative estimate of drug-likeness (QED) is 0.429. The first kappa shape index (κ1) is 19.7. The number of carbonyl (C=O) groups excluding carboxylic acids is 2. The second kappa shape index (κ2) is 9.18. The Labute approximate surface area is 155 Å². The van der Waals surface area contributed by atoms with Gasteiger partial charge in [-0.05, 0) is 43.3 Å². The topological polar surface area (TPSA) is 117 Å². The summed E-state index contributed by atoms with van der Waals surface area (Å²) in [6.45, 7) is 1.55. The minimum Gasteiger partial charge on any atom is -0.496 e. The lowest BCUT2D eigenvalue weighted by atomic mass is 10.2. The number of benzene rings is 2. The molecule has 1 N–H and O–H groups in total. The molecule has 9 heteroatoms. The van der Waals surface area contributed by atoms with Gasteiger partial charge in [0.1, 0.15) is 5.75 Å². The van der Waals surface area contributed by atoms with Crippen LogP contribution in [0.15, 0.2) is 42.5 Å². The second-order valence-corrected chi connectivity index (χ2v) is 5.23. The van der Waals surface area contributed by atoms with Gasteiger partial charge in [-0.15, -0.1) is 0 Å². The minimum atomic E-state index is -0.621. The molecule has 0 fully saturated rings. The molecule has 0 heterocycles. The van der Waals surface area contributed by atoms with Gasteiger partial charge in [0, 0.05) is 5.69 Å². The fraction of sp³-hybridized carbons (Fsp3) is 0.222. The summed E-state index contributed by atoms with van der Waals surface area (Å²) in [7, 11) is 1.39. The Morgan fingerprint density at radius 2 is 1.85 bits per heavy atom. The van der Waals surface area contributed by atoms with E-state index in [1.165, 1.54) is 37.4 Å². The molecule has 2 aromatic rings. The summed E-state index contributed by atoms with van der Waals surface area (Å²) in [4.78, 5) is 34.0. The Morgan fingerprint density at radius 3 is 2.44 bits per heavy atom.